The summed E-state index contributed by atoms with van der Waals surface area (Å²) in [6, 6.07) is 3.92. The zero-order valence-electron chi connectivity index (χ0n) is 11.0. The van der Waals surface area contributed by atoms with Crippen LogP contribution in [0.3, 0.4) is 0 Å². The second-order valence-corrected chi connectivity index (χ2v) is 4.02. The van der Waals surface area contributed by atoms with Gasteiger partial charge >= 0.3 is 0 Å². The van der Waals surface area contributed by atoms with E-state index in [-0.39, 0.29) is 12.3 Å². The molecule has 0 fully saturated rings. The fourth-order valence-electron chi connectivity index (χ4n) is 1.43. The van der Waals surface area contributed by atoms with E-state index in [9.17, 15) is 9.90 Å². The number of ether oxygens (including phenoxy) is 1. The number of aliphatic hydroxyl groups excluding tert-OH is 1. The smallest absolute Gasteiger partial charge is 0.255 e. The van der Waals surface area contributed by atoms with Crippen molar-refractivity contribution in [3.8, 4) is 11.5 Å². The number of carbonyl (C=O) groups is 1. The second kappa shape index (κ2) is 6.93. The predicted octanol–water partition coefficient (Wildman–Crippen LogP) is -0.817. The Balaban J connectivity index is 2.59. The Morgan fingerprint density at radius 1 is 1.58 bits per heavy atom. The average molecular weight is 269 g/mol. The van der Waals surface area contributed by atoms with E-state index in [1.165, 1.54) is 25.2 Å². The van der Waals surface area contributed by atoms with Gasteiger partial charge in [0.1, 0.15) is 17.5 Å². The Kier molecular flexibility index (Phi) is 5.56. The van der Waals surface area contributed by atoms with Gasteiger partial charge in [-0.15, -0.1) is 0 Å². The lowest BCUT2D eigenvalue weighted by atomic mass is 10.2. The van der Waals surface area contributed by atoms with E-state index in [0.29, 0.717) is 11.3 Å². The van der Waals surface area contributed by atoms with Crippen LogP contribution in [0.2, 0.25) is 0 Å². The van der Waals surface area contributed by atoms with Gasteiger partial charge < -0.3 is 20.7 Å². The third kappa shape index (κ3) is 4.09. The van der Waals surface area contributed by atoms with Gasteiger partial charge in [-0.05, 0) is 6.07 Å². The molecule has 19 heavy (non-hydrogen) atoms. The van der Waals surface area contributed by atoms with E-state index < -0.39 is 18.6 Å². The van der Waals surface area contributed by atoms with Crippen LogP contribution < -0.4 is 15.9 Å². The fourth-order valence-corrected chi connectivity index (χ4v) is 1.43. The zero-order chi connectivity index (χ0) is 14.4. The van der Waals surface area contributed by atoms with Gasteiger partial charge in [0.25, 0.3) is 5.91 Å². The first-order valence-electron chi connectivity index (χ1n) is 5.73. The molecule has 0 heterocycles. The van der Waals surface area contributed by atoms with Crippen molar-refractivity contribution in [3.05, 3.63) is 23.8 Å². The number of phenols is 1. The highest BCUT2D eigenvalue weighted by Crippen LogP contribution is 2.23. The molecule has 0 spiro atoms. The number of hydrogen-bond donors (Lipinski definition) is 4. The van der Waals surface area contributed by atoms with Crippen molar-refractivity contribution in [2.75, 3.05) is 20.8 Å². The van der Waals surface area contributed by atoms with Crippen LogP contribution >= 0.6 is 0 Å². The molecule has 106 valence electrons. The van der Waals surface area contributed by atoms with E-state index in [1.807, 2.05) is 0 Å². The first-order chi connectivity index (χ1) is 8.99. The van der Waals surface area contributed by atoms with Gasteiger partial charge in [0.05, 0.1) is 13.7 Å². The van der Waals surface area contributed by atoms with Crippen molar-refractivity contribution in [1.29, 1.82) is 0 Å². The standard InChI is InChI=1S/C12H19N3O4/c1-15(12(18)10(13)7-16)14-6-8-3-4-9(19-2)5-11(8)17/h3-5,10,14,16-17H,6-7,13H2,1-2H3. The number of carbonyl (C=O) groups excluding carboxylic acids is 1. The van der Waals surface area contributed by atoms with Crippen molar-refractivity contribution in [2.45, 2.75) is 12.6 Å². The van der Waals surface area contributed by atoms with Crippen LogP contribution in [0.4, 0.5) is 0 Å². The van der Waals surface area contributed by atoms with E-state index in [0.717, 1.165) is 0 Å². The van der Waals surface area contributed by atoms with Gasteiger partial charge in [0.2, 0.25) is 0 Å². The molecule has 0 aromatic heterocycles. The van der Waals surface area contributed by atoms with Crippen LogP contribution in [0.5, 0.6) is 11.5 Å². The number of likely N-dealkylation sites (N-methyl/N-ethyl adjacent to an activating group) is 1. The van der Waals surface area contributed by atoms with Crippen LogP contribution in [0.15, 0.2) is 18.2 Å². The van der Waals surface area contributed by atoms with Crippen LogP contribution in [0.25, 0.3) is 0 Å². The Labute approximate surface area is 111 Å². The zero-order valence-corrected chi connectivity index (χ0v) is 11.0. The summed E-state index contributed by atoms with van der Waals surface area (Å²) >= 11 is 0. The quantitative estimate of drug-likeness (QED) is 0.503. The van der Waals surface area contributed by atoms with Gasteiger partial charge in [0.15, 0.2) is 0 Å². The maximum Gasteiger partial charge on any atom is 0.255 e. The van der Waals surface area contributed by atoms with E-state index in [2.05, 4.69) is 5.43 Å². The first-order valence-corrected chi connectivity index (χ1v) is 5.73. The van der Waals surface area contributed by atoms with E-state index >= 15 is 0 Å². The predicted molar refractivity (Wildman–Crippen MR) is 69.3 cm³/mol. The third-order valence-electron chi connectivity index (χ3n) is 2.64. The van der Waals surface area contributed by atoms with Crippen molar-refractivity contribution >= 4 is 5.91 Å². The summed E-state index contributed by atoms with van der Waals surface area (Å²) in [7, 11) is 3.01. The molecule has 5 N–H and O–H groups in total. The highest BCUT2D eigenvalue weighted by atomic mass is 16.5. The largest absolute Gasteiger partial charge is 0.507 e. The number of hydrogen-bond acceptors (Lipinski definition) is 6. The number of nitrogens with zero attached hydrogens (tertiary/aromatic N) is 1. The second-order valence-electron chi connectivity index (χ2n) is 4.02. The van der Waals surface area contributed by atoms with Crippen molar-refractivity contribution in [2.24, 2.45) is 5.73 Å². The van der Waals surface area contributed by atoms with Crippen LogP contribution in [-0.2, 0) is 11.3 Å². The molecule has 1 unspecified atom stereocenters. The van der Waals surface area contributed by atoms with Crippen LogP contribution in [0, 0.1) is 0 Å². The summed E-state index contributed by atoms with van der Waals surface area (Å²) < 4.78 is 4.97. The SMILES string of the molecule is COc1ccc(CNN(C)C(=O)C(N)CO)c(O)c1. The Morgan fingerprint density at radius 3 is 2.79 bits per heavy atom. The van der Waals surface area contributed by atoms with Gasteiger partial charge in [-0.25, -0.2) is 5.43 Å². The molecule has 7 heteroatoms. The minimum absolute atomic E-state index is 0.0687. The molecule has 1 aromatic rings. The lowest BCUT2D eigenvalue weighted by molar-refractivity contribution is -0.135. The maximum atomic E-state index is 11.6. The summed E-state index contributed by atoms with van der Waals surface area (Å²) in [5.74, 6) is 0.183. The number of nitrogens with two attached hydrogens (primary N) is 1. The Morgan fingerprint density at radius 2 is 2.26 bits per heavy atom. The van der Waals surface area contributed by atoms with Gasteiger partial charge in [-0.3, -0.25) is 9.80 Å². The lowest BCUT2D eigenvalue weighted by Crippen LogP contribution is -2.49. The number of nitrogens with one attached hydrogen (secondary N) is 1. The van der Waals surface area contributed by atoms with E-state index in [4.69, 9.17) is 15.6 Å². The van der Waals surface area contributed by atoms with Gasteiger partial charge in [0, 0.05) is 25.2 Å². The number of hydrazine groups is 1. The summed E-state index contributed by atoms with van der Waals surface area (Å²) in [5, 5.41) is 19.7. The molecule has 1 atom stereocenters. The molecule has 0 aliphatic carbocycles. The number of amides is 1. The number of rotatable bonds is 6. The Bertz CT molecular complexity index is 439. The fraction of sp³-hybridized carbons (Fsp3) is 0.417. The molecular formula is C12H19N3O4. The molecule has 0 aliphatic heterocycles. The molecule has 0 bridgehead atoms. The highest BCUT2D eigenvalue weighted by molar-refractivity contribution is 5.81. The first kappa shape index (κ1) is 15.2. The Hall–Kier alpha value is -1.83. The molecule has 1 rings (SSSR count). The molecule has 0 saturated carbocycles. The highest BCUT2D eigenvalue weighted by Gasteiger charge is 2.17. The molecule has 1 aromatic carbocycles. The maximum absolute atomic E-state index is 11.6. The van der Waals surface area contributed by atoms with Crippen LogP contribution in [-0.4, -0.2) is 47.9 Å². The van der Waals surface area contributed by atoms with Crippen molar-refractivity contribution in [3.63, 3.8) is 0 Å². The van der Waals surface area contributed by atoms with Gasteiger partial charge in [-0.2, -0.15) is 0 Å². The van der Waals surface area contributed by atoms with Crippen molar-refractivity contribution in [1.82, 2.24) is 10.4 Å². The molecule has 0 saturated heterocycles. The molecule has 0 aliphatic rings. The topological polar surface area (TPSA) is 108 Å². The van der Waals surface area contributed by atoms with Gasteiger partial charge in [-0.1, -0.05) is 6.07 Å². The number of benzene rings is 1. The average Bonchev–Trinajstić information content (AvgIpc) is 2.43. The number of methoxy groups -OCH3 is 1. The number of aliphatic hydroxyl groups is 1. The summed E-state index contributed by atoms with van der Waals surface area (Å²) in [6.45, 7) is -0.172. The lowest BCUT2D eigenvalue weighted by Gasteiger charge is -2.21. The number of phenolic OH excluding ortho intramolecular Hbond substituents is 1. The summed E-state index contributed by atoms with van der Waals surface area (Å²) in [5.41, 5.74) is 8.80. The minimum Gasteiger partial charge on any atom is -0.507 e. The molecule has 1 amide bonds. The molecule has 0 radical (unpaired) electrons. The van der Waals surface area contributed by atoms with Crippen molar-refractivity contribution < 1.29 is 19.7 Å². The summed E-state index contributed by atoms with van der Waals surface area (Å²) in [6.07, 6.45) is 0. The normalized spacial score (nSPS) is 12.0. The monoisotopic (exact) mass is 269 g/mol. The third-order valence-corrected chi connectivity index (χ3v) is 2.64. The van der Waals surface area contributed by atoms with E-state index in [1.54, 1.807) is 12.1 Å². The number of aromatic hydroxyl groups is 1. The molecular weight excluding hydrogens is 250 g/mol. The minimum atomic E-state index is -0.957. The molecule has 7 nitrogen and oxygen atoms in total. The van der Waals surface area contributed by atoms with Crippen LogP contribution in [0.1, 0.15) is 5.56 Å². The summed E-state index contributed by atoms with van der Waals surface area (Å²) in [4.78, 5) is 11.6.